The second-order valence-corrected chi connectivity index (χ2v) is 5.24. The number of amides is 1. The van der Waals surface area contributed by atoms with Gasteiger partial charge in [-0.25, -0.2) is 4.39 Å². The Kier molecular flexibility index (Phi) is 3.75. The van der Waals surface area contributed by atoms with E-state index in [1.54, 1.807) is 4.90 Å². The first-order valence-corrected chi connectivity index (χ1v) is 6.40. The van der Waals surface area contributed by atoms with Crippen molar-refractivity contribution in [3.63, 3.8) is 0 Å². The molecule has 1 N–H and O–H groups in total. The summed E-state index contributed by atoms with van der Waals surface area (Å²) in [4.78, 5) is 16.2. The van der Waals surface area contributed by atoms with Crippen LogP contribution in [0.2, 0.25) is 0 Å². The zero-order chi connectivity index (χ0) is 14.2. The lowest BCUT2D eigenvalue weighted by molar-refractivity contribution is 0.0410. The highest BCUT2D eigenvalue weighted by Crippen LogP contribution is 2.20. The molecule has 104 valence electrons. The summed E-state index contributed by atoms with van der Waals surface area (Å²) in [6.45, 7) is 5.26. The summed E-state index contributed by atoms with van der Waals surface area (Å²) in [5.74, 6) is -1.16. The number of nitrogens with zero attached hydrogens (tertiary/aromatic N) is 2. The summed E-state index contributed by atoms with van der Waals surface area (Å²) in [6.07, 6.45) is 0. The summed E-state index contributed by atoms with van der Waals surface area (Å²) in [7, 11) is 2.03. The van der Waals surface area contributed by atoms with E-state index in [0.717, 1.165) is 6.07 Å². The molecular weight excluding hydrogens is 247 g/mol. The number of aromatic hydroxyl groups is 1. The lowest BCUT2D eigenvalue weighted by Gasteiger charge is -2.42. The molecule has 0 aromatic heterocycles. The van der Waals surface area contributed by atoms with Crippen molar-refractivity contribution >= 4 is 5.91 Å². The van der Waals surface area contributed by atoms with Crippen LogP contribution in [-0.2, 0) is 0 Å². The summed E-state index contributed by atoms with van der Waals surface area (Å²) in [5, 5.41) is 9.18. The Hall–Kier alpha value is -1.62. The number of rotatable bonds is 1. The van der Waals surface area contributed by atoms with E-state index in [-0.39, 0.29) is 29.3 Å². The van der Waals surface area contributed by atoms with Crippen LogP contribution in [0.4, 0.5) is 4.39 Å². The third-order valence-corrected chi connectivity index (χ3v) is 3.83. The third-order valence-electron chi connectivity index (χ3n) is 3.83. The van der Waals surface area contributed by atoms with Gasteiger partial charge in [0.25, 0.3) is 5.91 Å². The van der Waals surface area contributed by atoms with Crippen molar-refractivity contribution in [1.29, 1.82) is 0 Å². The van der Waals surface area contributed by atoms with Crippen LogP contribution in [0, 0.1) is 5.82 Å². The Labute approximate surface area is 112 Å². The molecule has 5 heteroatoms. The van der Waals surface area contributed by atoms with Crippen molar-refractivity contribution in [1.82, 2.24) is 9.80 Å². The summed E-state index contributed by atoms with van der Waals surface area (Å²) in [6, 6.07) is 4.12. The lowest BCUT2D eigenvalue weighted by atomic mass is 10.1. The first kappa shape index (κ1) is 13.8. The molecule has 19 heavy (non-hydrogen) atoms. The second kappa shape index (κ2) is 5.17. The summed E-state index contributed by atoms with van der Waals surface area (Å²) < 4.78 is 13.7. The van der Waals surface area contributed by atoms with Crippen molar-refractivity contribution in [3.05, 3.63) is 29.6 Å². The Bertz CT molecular complexity index is 480. The number of carbonyl (C=O) groups excluding carboxylic acids is 1. The molecule has 0 aliphatic carbocycles. The van der Waals surface area contributed by atoms with Gasteiger partial charge >= 0.3 is 0 Å². The highest BCUT2D eigenvalue weighted by Gasteiger charge is 2.30. The van der Waals surface area contributed by atoms with Gasteiger partial charge in [0.1, 0.15) is 11.6 Å². The van der Waals surface area contributed by atoms with Crippen LogP contribution in [-0.4, -0.2) is 53.0 Å². The Balaban J connectivity index is 2.20. The minimum Gasteiger partial charge on any atom is -0.508 e. The van der Waals surface area contributed by atoms with Gasteiger partial charge in [0, 0.05) is 31.2 Å². The number of phenolic OH excluding ortho intramolecular Hbond substituents is 1. The van der Waals surface area contributed by atoms with Crippen molar-refractivity contribution in [3.8, 4) is 5.75 Å². The van der Waals surface area contributed by atoms with Gasteiger partial charge in [-0.3, -0.25) is 9.69 Å². The fraction of sp³-hybridized carbons (Fsp3) is 0.500. The number of halogens is 1. The molecule has 4 nitrogen and oxygen atoms in total. The molecule has 1 saturated heterocycles. The maximum Gasteiger partial charge on any atom is 0.256 e. The fourth-order valence-electron chi connectivity index (χ4n) is 2.42. The number of benzene rings is 1. The standard InChI is InChI=1S/C14H19FN2O2/c1-9-7-17(8-10(2)16(9)3)14(19)12-5-4-11(18)6-13(12)15/h4-6,9-10,18H,7-8H2,1-3H3. The van der Waals surface area contributed by atoms with Crippen LogP contribution in [0.3, 0.4) is 0 Å². The predicted octanol–water partition coefficient (Wildman–Crippen LogP) is 1.70. The zero-order valence-electron chi connectivity index (χ0n) is 11.4. The first-order chi connectivity index (χ1) is 8.90. The SMILES string of the molecule is CC1CN(C(=O)c2ccc(O)cc2F)CC(C)N1C. The molecule has 1 fully saturated rings. The second-order valence-electron chi connectivity index (χ2n) is 5.24. The predicted molar refractivity (Wildman–Crippen MR) is 70.7 cm³/mol. The van der Waals surface area contributed by atoms with E-state index < -0.39 is 5.82 Å². The van der Waals surface area contributed by atoms with Crippen LogP contribution in [0.15, 0.2) is 18.2 Å². The topological polar surface area (TPSA) is 43.8 Å². The molecule has 1 heterocycles. The Morgan fingerprint density at radius 1 is 1.32 bits per heavy atom. The van der Waals surface area contributed by atoms with E-state index in [0.29, 0.717) is 13.1 Å². The van der Waals surface area contributed by atoms with E-state index in [1.807, 2.05) is 20.9 Å². The highest BCUT2D eigenvalue weighted by molar-refractivity contribution is 5.94. The molecule has 0 bridgehead atoms. The lowest BCUT2D eigenvalue weighted by Crippen LogP contribution is -2.56. The molecule has 2 rings (SSSR count). The maximum atomic E-state index is 13.7. The Morgan fingerprint density at radius 2 is 1.89 bits per heavy atom. The zero-order valence-corrected chi connectivity index (χ0v) is 11.4. The van der Waals surface area contributed by atoms with Crippen LogP contribution in [0.25, 0.3) is 0 Å². The number of piperazine rings is 1. The molecular formula is C14H19FN2O2. The molecule has 2 atom stereocenters. The van der Waals surface area contributed by atoms with Gasteiger partial charge in [0.15, 0.2) is 0 Å². The van der Waals surface area contributed by atoms with Gasteiger partial charge in [-0.1, -0.05) is 0 Å². The van der Waals surface area contributed by atoms with Crippen molar-refractivity contribution in [2.75, 3.05) is 20.1 Å². The fourth-order valence-corrected chi connectivity index (χ4v) is 2.42. The number of hydrogen-bond donors (Lipinski definition) is 1. The molecule has 1 aromatic carbocycles. The molecule has 2 unspecified atom stereocenters. The van der Waals surface area contributed by atoms with E-state index in [2.05, 4.69) is 4.90 Å². The van der Waals surface area contributed by atoms with Crippen molar-refractivity contribution in [2.45, 2.75) is 25.9 Å². The average molecular weight is 266 g/mol. The molecule has 1 aromatic rings. The van der Waals surface area contributed by atoms with Crippen LogP contribution >= 0.6 is 0 Å². The molecule has 1 aliphatic rings. The Morgan fingerprint density at radius 3 is 2.42 bits per heavy atom. The first-order valence-electron chi connectivity index (χ1n) is 6.40. The monoisotopic (exact) mass is 266 g/mol. The van der Waals surface area contributed by atoms with Gasteiger partial charge < -0.3 is 10.0 Å². The van der Waals surface area contributed by atoms with Gasteiger partial charge in [-0.05, 0) is 33.0 Å². The van der Waals surface area contributed by atoms with E-state index in [4.69, 9.17) is 0 Å². The number of carbonyl (C=O) groups is 1. The maximum absolute atomic E-state index is 13.7. The largest absolute Gasteiger partial charge is 0.508 e. The number of hydrogen-bond acceptors (Lipinski definition) is 3. The quantitative estimate of drug-likeness (QED) is 0.841. The van der Waals surface area contributed by atoms with Gasteiger partial charge in [0.2, 0.25) is 0 Å². The van der Waals surface area contributed by atoms with Crippen molar-refractivity contribution in [2.24, 2.45) is 0 Å². The van der Waals surface area contributed by atoms with Crippen LogP contribution in [0.5, 0.6) is 5.75 Å². The molecule has 1 amide bonds. The van der Waals surface area contributed by atoms with E-state index in [9.17, 15) is 14.3 Å². The van der Waals surface area contributed by atoms with Crippen molar-refractivity contribution < 1.29 is 14.3 Å². The molecule has 1 aliphatic heterocycles. The van der Waals surface area contributed by atoms with Gasteiger partial charge in [-0.2, -0.15) is 0 Å². The average Bonchev–Trinajstić information content (AvgIpc) is 2.34. The smallest absolute Gasteiger partial charge is 0.256 e. The normalized spacial score (nSPS) is 24.5. The molecule has 0 radical (unpaired) electrons. The number of phenols is 1. The number of likely N-dealkylation sites (N-methyl/N-ethyl adjacent to an activating group) is 1. The van der Waals surface area contributed by atoms with Crippen LogP contribution in [0.1, 0.15) is 24.2 Å². The van der Waals surface area contributed by atoms with Gasteiger partial charge in [0.05, 0.1) is 5.56 Å². The van der Waals surface area contributed by atoms with Crippen LogP contribution < -0.4 is 0 Å². The summed E-state index contributed by atoms with van der Waals surface area (Å²) in [5.41, 5.74) is 0.0155. The summed E-state index contributed by atoms with van der Waals surface area (Å²) >= 11 is 0. The molecule has 0 spiro atoms. The van der Waals surface area contributed by atoms with Gasteiger partial charge in [-0.15, -0.1) is 0 Å². The van der Waals surface area contributed by atoms with E-state index in [1.165, 1.54) is 12.1 Å². The minimum atomic E-state index is -0.677. The molecule has 0 saturated carbocycles. The minimum absolute atomic E-state index is 0.0155. The third kappa shape index (κ3) is 2.71. The highest BCUT2D eigenvalue weighted by atomic mass is 19.1. The van der Waals surface area contributed by atoms with E-state index >= 15 is 0 Å².